The van der Waals surface area contributed by atoms with Crippen molar-refractivity contribution in [3.05, 3.63) is 26.6 Å². The molecule has 0 amide bonds. The van der Waals surface area contributed by atoms with Gasteiger partial charge in [0.2, 0.25) is 0 Å². The van der Waals surface area contributed by atoms with Gasteiger partial charge in [-0.05, 0) is 28.7 Å². The van der Waals surface area contributed by atoms with E-state index in [1.807, 2.05) is 0 Å². The molecule has 0 aliphatic heterocycles. The van der Waals surface area contributed by atoms with Gasteiger partial charge in [0.15, 0.2) is 0 Å². The molecule has 94 valence electrons. The van der Waals surface area contributed by atoms with Gasteiger partial charge in [0.05, 0.1) is 30.5 Å². The lowest BCUT2D eigenvalue weighted by Crippen LogP contribution is -2.12. The fourth-order valence-electron chi connectivity index (χ4n) is 1.32. The molecule has 0 radical (unpaired) electrons. The van der Waals surface area contributed by atoms with E-state index in [2.05, 4.69) is 9.72 Å². The molecule has 0 spiro atoms. The molecule has 17 heavy (non-hydrogen) atoms. The zero-order valence-electron chi connectivity index (χ0n) is 9.04. The summed E-state index contributed by atoms with van der Waals surface area (Å²) >= 11 is 1.78. The Balaban J connectivity index is 3.13. The van der Waals surface area contributed by atoms with Gasteiger partial charge in [-0.3, -0.25) is 9.78 Å². The fourth-order valence-corrected chi connectivity index (χ4v) is 2.23. The second-order valence-corrected chi connectivity index (χ2v) is 4.38. The number of pyridine rings is 1. The van der Waals surface area contributed by atoms with Crippen molar-refractivity contribution >= 4 is 28.6 Å². The first kappa shape index (κ1) is 14.2. The molecule has 2 N–H and O–H groups in total. The Morgan fingerprint density at radius 3 is 2.76 bits per heavy atom. The maximum atomic E-state index is 12.7. The maximum Gasteiger partial charge on any atom is 0.311 e. The van der Waals surface area contributed by atoms with Crippen molar-refractivity contribution in [1.82, 2.24) is 4.98 Å². The standard InChI is InChI=1S/C10H11F2IN2O2/c1-17-8(16)3-5-2-6(13)9(10(11)12)7(4-14)15-5/h2,10H,3-4,14H2,1H3. The molecular formula is C10H11F2IN2O2. The number of halogens is 3. The van der Waals surface area contributed by atoms with Crippen molar-refractivity contribution in [2.45, 2.75) is 19.4 Å². The van der Waals surface area contributed by atoms with E-state index in [4.69, 9.17) is 5.73 Å². The predicted octanol–water partition coefficient (Wildman–Crippen LogP) is 1.80. The van der Waals surface area contributed by atoms with Crippen LogP contribution in [0.1, 0.15) is 23.4 Å². The van der Waals surface area contributed by atoms with Crippen molar-refractivity contribution in [3.63, 3.8) is 0 Å². The Kier molecular flexibility index (Phi) is 5.19. The lowest BCUT2D eigenvalue weighted by Gasteiger charge is -2.11. The molecule has 0 saturated carbocycles. The van der Waals surface area contributed by atoms with Crippen LogP contribution in [0.4, 0.5) is 8.78 Å². The number of hydrogen-bond acceptors (Lipinski definition) is 4. The number of carbonyl (C=O) groups excluding carboxylic acids is 1. The summed E-state index contributed by atoms with van der Waals surface area (Å²) in [5.74, 6) is -0.471. The molecule has 0 bridgehead atoms. The molecule has 4 nitrogen and oxygen atoms in total. The van der Waals surface area contributed by atoms with Crippen LogP contribution < -0.4 is 5.73 Å². The average molecular weight is 356 g/mol. The highest BCUT2D eigenvalue weighted by Gasteiger charge is 2.19. The van der Waals surface area contributed by atoms with Crippen molar-refractivity contribution < 1.29 is 18.3 Å². The van der Waals surface area contributed by atoms with E-state index in [0.717, 1.165) is 0 Å². The summed E-state index contributed by atoms with van der Waals surface area (Å²) in [6.07, 6.45) is -2.68. The summed E-state index contributed by atoms with van der Waals surface area (Å²) in [6, 6.07) is 1.44. The van der Waals surface area contributed by atoms with Gasteiger partial charge in [0, 0.05) is 10.1 Å². The number of ether oxygens (including phenoxy) is 1. The van der Waals surface area contributed by atoms with Crippen LogP contribution in [0.15, 0.2) is 6.07 Å². The van der Waals surface area contributed by atoms with E-state index >= 15 is 0 Å². The largest absolute Gasteiger partial charge is 0.469 e. The third kappa shape index (κ3) is 3.56. The van der Waals surface area contributed by atoms with Crippen molar-refractivity contribution in [2.75, 3.05) is 7.11 Å². The van der Waals surface area contributed by atoms with E-state index in [0.29, 0.717) is 9.26 Å². The van der Waals surface area contributed by atoms with E-state index in [1.54, 1.807) is 22.6 Å². The van der Waals surface area contributed by atoms with Crippen LogP contribution >= 0.6 is 22.6 Å². The van der Waals surface area contributed by atoms with Crippen molar-refractivity contribution in [2.24, 2.45) is 5.73 Å². The third-order valence-electron chi connectivity index (χ3n) is 2.10. The van der Waals surface area contributed by atoms with Gasteiger partial charge in [-0.25, -0.2) is 8.78 Å². The van der Waals surface area contributed by atoms with Crippen LogP contribution in [0.5, 0.6) is 0 Å². The van der Waals surface area contributed by atoms with Crippen LogP contribution in [-0.4, -0.2) is 18.1 Å². The predicted molar refractivity (Wildman–Crippen MR) is 65.5 cm³/mol. The summed E-state index contributed by atoms with van der Waals surface area (Å²) in [6.45, 7) is -0.0926. The molecule has 0 aliphatic carbocycles. The Morgan fingerprint density at radius 1 is 1.65 bits per heavy atom. The number of carbonyl (C=O) groups is 1. The van der Waals surface area contributed by atoms with Crippen LogP contribution in [0.25, 0.3) is 0 Å². The topological polar surface area (TPSA) is 65.2 Å². The van der Waals surface area contributed by atoms with Crippen molar-refractivity contribution in [1.29, 1.82) is 0 Å². The van der Waals surface area contributed by atoms with Gasteiger partial charge >= 0.3 is 5.97 Å². The average Bonchev–Trinajstić information content (AvgIpc) is 2.27. The molecule has 0 unspecified atom stereocenters. The maximum absolute atomic E-state index is 12.7. The lowest BCUT2D eigenvalue weighted by atomic mass is 10.1. The Morgan fingerprint density at radius 2 is 2.29 bits per heavy atom. The minimum atomic E-state index is -2.62. The zero-order valence-corrected chi connectivity index (χ0v) is 11.2. The number of alkyl halides is 2. The second-order valence-electron chi connectivity index (χ2n) is 3.21. The number of nitrogens with zero attached hydrogens (tertiary/aromatic N) is 1. The van der Waals surface area contributed by atoms with Crippen LogP contribution in [-0.2, 0) is 22.5 Å². The molecule has 1 rings (SSSR count). The number of hydrogen-bond donors (Lipinski definition) is 1. The molecular weight excluding hydrogens is 345 g/mol. The number of methoxy groups -OCH3 is 1. The molecule has 7 heteroatoms. The third-order valence-corrected chi connectivity index (χ3v) is 3.00. The first-order chi connectivity index (χ1) is 7.99. The SMILES string of the molecule is COC(=O)Cc1cc(I)c(C(F)F)c(CN)n1. The second kappa shape index (κ2) is 6.20. The first-order valence-corrected chi connectivity index (χ1v) is 5.80. The number of nitrogens with two attached hydrogens (primary N) is 1. The highest BCUT2D eigenvalue weighted by atomic mass is 127. The Bertz CT molecular complexity index is 427. The van der Waals surface area contributed by atoms with Gasteiger partial charge in [-0.1, -0.05) is 0 Å². The molecule has 1 aromatic heterocycles. The normalized spacial score (nSPS) is 10.7. The quantitative estimate of drug-likeness (QED) is 0.660. The minimum Gasteiger partial charge on any atom is -0.469 e. The molecule has 1 aromatic rings. The number of aromatic nitrogens is 1. The summed E-state index contributed by atoms with van der Waals surface area (Å²) in [5, 5.41) is 0. The summed E-state index contributed by atoms with van der Waals surface area (Å²) in [7, 11) is 1.25. The van der Waals surface area contributed by atoms with Gasteiger partial charge in [-0.2, -0.15) is 0 Å². The van der Waals surface area contributed by atoms with Crippen LogP contribution in [0.3, 0.4) is 0 Å². The summed E-state index contributed by atoms with van der Waals surface area (Å²) in [4.78, 5) is 15.0. The van der Waals surface area contributed by atoms with Crippen LogP contribution in [0, 0.1) is 3.57 Å². The molecule has 1 heterocycles. The summed E-state index contributed by atoms with van der Waals surface area (Å²) in [5.41, 5.74) is 5.71. The van der Waals surface area contributed by atoms with Crippen LogP contribution in [0.2, 0.25) is 0 Å². The molecule has 0 atom stereocenters. The molecule has 0 saturated heterocycles. The van der Waals surface area contributed by atoms with E-state index in [-0.39, 0.29) is 24.2 Å². The van der Waals surface area contributed by atoms with Gasteiger partial charge in [-0.15, -0.1) is 0 Å². The smallest absolute Gasteiger partial charge is 0.311 e. The lowest BCUT2D eigenvalue weighted by molar-refractivity contribution is -0.139. The molecule has 0 aromatic carbocycles. The molecule has 0 aliphatic rings. The fraction of sp³-hybridized carbons (Fsp3) is 0.400. The monoisotopic (exact) mass is 356 g/mol. The van der Waals surface area contributed by atoms with E-state index < -0.39 is 12.4 Å². The zero-order chi connectivity index (χ0) is 13.0. The summed E-state index contributed by atoms with van der Waals surface area (Å²) < 4.78 is 30.3. The van der Waals surface area contributed by atoms with Gasteiger partial charge < -0.3 is 10.5 Å². The first-order valence-electron chi connectivity index (χ1n) is 4.72. The van der Waals surface area contributed by atoms with Gasteiger partial charge in [0.25, 0.3) is 6.43 Å². The van der Waals surface area contributed by atoms with Gasteiger partial charge in [0.1, 0.15) is 0 Å². The highest BCUT2D eigenvalue weighted by molar-refractivity contribution is 14.1. The Hall–Kier alpha value is -0.830. The number of rotatable bonds is 4. The minimum absolute atomic E-state index is 0.0526. The van der Waals surface area contributed by atoms with E-state index in [1.165, 1.54) is 13.2 Å². The molecule has 0 fully saturated rings. The van der Waals surface area contributed by atoms with E-state index in [9.17, 15) is 13.6 Å². The highest BCUT2D eigenvalue weighted by Crippen LogP contribution is 2.27. The van der Waals surface area contributed by atoms with Crippen molar-refractivity contribution in [3.8, 4) is 0 Å². The number of esters is 1. The Labute approximate surface area is 111 Å².